The van der Waals surface area contributed by atoms with Crippen LogP contribution in [0.4, 0.5) is 18.9 Å². The molecule has 3 nitrogen and oxygen atoms in total. The van der Waals surface area contributed by atoms with Gasteiger partial charge in [0.05, 0.1) is 12.2 Å². The second-order valence-electron chi connectivity index (χ2n) is 4.54. The lowest BCUT2D eigenvalue weighted by molar-refractivity contribution is -0.137. The highest BCUT2D eigenvalue weighted by Gasteiger charge is 2.34. The molecule has 0 aliphatic carbocycles. The van der Waals surface area contributed by atoms with Crippen LogP contribution in [0.3, 0.4) is 0 Å². The molecular weight excluding hydrogens is 289 g/mol. The third-order valence-corrected chi connectivity index (χ3v) is 3.38. The summed E-state index contributed by atoms with van der Waals surface area (Å²) in [5, 5.41) is 0. The summed E-state index contributed by atoms with van der Waals surface area (Å²) in [6.07, 6.45) is -3.68. The smallest absolute Gasteiger partial charge is 0.389 e. The van der Waals surface area contributed by atoms with Crippen LogP contribution in [0.1, 0.15) is 17.5 Å². The Morgan fingerprint density at radius 2 is 2.00 bits per heavy atom. The van der Waals surface area contributed by atoms with Crippen LogP contribution in [0.2, 0.25) is 0 Å². The fourth-order valence-corrected chi connectivity index (χ4v) is 2.36. The number of rotatable bonds is 2. The average Bonchev–Trinajstić information content (AvgIpc) is 2.65. The molecule has 1 heterocycles. The molecule has 1 saturated heterocycles. The van der Waals surface area contributed by atoms with Crippen LogP contribution in [0.5, 0.6) is 0 Å². The number of ether oxygens (including phenoxy) is 1. The molecule has 2 rings (SSSR count). The molecule has 0 radical (unpaired) electrons. The monoisotopic (exact) mass is 304 g/mol. The number of nitrogens with two attached hydrogens (primary N) is 1. The predicted molar refractivity (Wildman–Crippen MR) is 75.0 cm³/mol. The van der Waals surface area contributed by atoms with Gasteiger partial charge >= 0.3 is 6.18 Å². The lowest BCUT2D eigenvalue weighted by Crippen LogP contribution is -2.27. The normalized spacial score (nSPS) is 16.9. The number of halogens is 3. The minimum atomic E-state index is -4.48. The summed E-state index contributed by atoms with van der Waals surface area (Å²) >= 11 is 4.68. The Hall–Kier alpha value is -1.34. The van der Waals surface area contributed by atoms with E-state index in [0.717, 1.165) is 12.5 Å². The largest absolute Gasteiger partial charge is 0.417 e. The minimum absolute atomic E-state index is 0.137. The number of benzene rings is 1. The average molecular weight is 304 g/mol. The molecule has 0 bridgehead atoms. The van der Waals surface area contributed by atoms with Gasteiger partial charge in [0.1, 0.15) is 4.99 Å². The van der Waals surface area contributed by atoms with E-state index < -0.39 is 11.7 Å². The Kier molecular flexibility index (Phi) is 4.49. The van der Waals surface area contributed by atoms with Gasteiger partial charge in [-0.25, -0.2) is 0 Å². The van der Waals surface area contributed by atoms with Gasteiger partial charge in [0.25, 0.3) is 0 Å². The SMILES string of the molecule is NC(=S)c1ccc(N2CCCOCC2)cc1C(F)(F)F. The quantitative estimate of drug-likeness (QED) is 0.852. The first-order valence-electron chi connectivity index (χ1n) is 6.23. The molecule has 1 aromatic carbocycles. The zero-order valence-corrected chi connectivity index (χ0v) is 11.6. The second kappa shape index (κ2) is 5.97. The van der Waals surface area contributed by atoms with Crippen molar-refractivity contribution in [3.8, 4) is 0 Å². The van der Waals surface area contributed by atoms with Crippen molar-refractivity contribution in [2.24, 2.45) is 5.73 Å². The van der Waals surface area contributed by atoms with Crippen molar-refractivity contribution in [3.05, 3.63) is 29.3 Å². The topological polar surface area (TPSA) is 38.5 Å². The summed E-state index contributed by atoms with van der Waals surface area (Å²) < 4.78 is 44.5. The highest BCUT2D eigenvalue weighted by atomic mass is 32.1. The Morgan fingerprint density at radius 3 is 2.65 bits per heavy atom. The van der Waals surface area contributed by atoms with Gasteiger partial charge in [-0.05, 0) is 24.6 Å². The van der Waals surface area contributed by atoms with Crippen molar-refractivity contribution in [2.45, 2.75) is 12.6 Å². The van der Waals surface area contributed by atoms with E-state index in [-0.39, 0.29) is 10.6 Å². The molecule has 0 unspecified atom stereocenters. The number of anilines is 1. The molecule has 20 heavy (non-hydrogen) atoms. The fraction of sp³-hybridized carbons (Fsp3) is 0.462. The summed E-state index contributed by atoms with van der Waals surface area (Å²) in [5.41, 5.74) is 4.96. The van der Waals surface area contributed by atoms with E-state index >= 15 is 0 Å². The highest BCUT2D eigenvalue weighted by molar-refractivity contribution is 7.80. The Balaban J connectivity index is 2.38. The molecule has 110 valence electrons. The van der Waals surface area contributed by atoms with Crippen LogP contribution < -0.4 is 10.6 Å². The highest BCUT2D eigenvalue weighted by Crippen LogP contribution is 2.34. The first-order chi connectivity index (χ1) is 9.39. The number of hydrogen-bond donors (Lipinski definition) is 1. The molecule has 7 heteroatoms. The van der Waals surface area contributed by atoms with Crippen molar-refractivity contribution in [1.29, 1.82) is 0 Å². The molecule has 1 fully saturated rings. The summed E-state index contributed by atoms with van der Waals surface area (Å²) in [6, 6.07) is 4.07. The van der Waals surface area contributed by atoms with Crippen molar-refractivity contribution in [2.75, 3.05) is 31.2 Å². The van der Waals surface area contributed by atoms with Gasteiger partial charge in [-0.15, -0.1) is 0 Å². The van der Waals surface area contributed by atoms with Gasteiger partial charge < -0.3 is 15.4 Å². The lowest BCUT2D eigenvalue weighted by Gasteiger charge is -2.24. The number of thiocarbonyl (C=S) groups is 1. The van der Waals surface area contributed by atoms with Crippen LogP contribution in [0, 0.1) is 0 Å². The summed E-state index contributed by atoms with van der Waals surface area (Å²) in [5.74, 6) is 0. The molecule has 1 aromatic rings. The molecule has 0 amide bonds. The van der Waals surface area contributed by atoms with Gasteiger partial charge in [0, 0.05) is 30.9 Å². The van der Waals surface area contributed by atoms with E-state index in [1.165, 1.54) is 6.07 Å². The maximum Gasteiger partial charge on any atom is 0.417 e. The third-order valence-electron chi connectivity index (χ3n) is 3.16. The molecule has 2 N–H and O–H groups in total. The lowest BCUT2D eigenvalue weighted by atomic mass is 10.1. The maximum absolute atomic E-state index is 13.1. The third kappa shape index (κ3) is 3.40. The molecule has 1 aliphatic heterocycles. The molecule has 0 atom stereocenters. The minimum Gasteiger partial charge on any atom is -0.389 e. The number of hydrogen-bond acceptors (Lipinski definition) is 3. The van der Waals surface area contributed by atoms with Crippen LogP contribution in [-0.2, 0) is 10.9 Å². The zero-order chi connectivity index (χ0) is 14.8. The first-order valence-corrected chi connectivity index (χ1v) is 6.64. The van der Waals surface area contributed by atoms with Crippen molar-refractivity contribution in [3.63, 3.8) is 0 Å². The van der Waals surface area contributed by atoms with E-state index in [4.69, 9.17) is 10.5 Å². The van der Waals surface area contributed by atoms with Crippen LogP contribution >= 0.6 is 12.2 Å². The van der Waals surface area contributed by atoms with Crippen LogP contribution in [-0.4, -0.2) is 31.3 Å². The van der Waals surface area contributed by atoms with Gasteiger partial charge in [-0.3, -0.25) is 0 Å². The Labute approximate surface area is 120 Å². The van der Waals surface area contributed by atoms with E-state index in [1.54, 1.807) is 6.07 Å². The Morgan fingerprint density at radius 1 is 1.25 bits per heavy atom. The van der Waals surface area contributed by atoms with Gasteiger partial charge in [0.2, 0.25) is 0 Å². The van der Waals surface area contributed by atoms with Gasteiger partial charge in [-0.2, -0.15) is 13.2 Å². The number of alkyl halides is 3. The van der Waals surface area contributed by atoms with Crippen molar-refractivity contribution < 1.29 is 17.9 Å². The van der Waals surface area contributed by atoms with Crippen LogP contribution in [0.15, 0.2) is 18.2 Å². The van der Waals surface area contributed by atoms with Crippen molar-refractivity contribution in [1.82, 2.24) is 0 Å². The second-order valence-corrected chi connectivity index (χ2v) is 4.98. The van der Waals surface area contributed by atoms with Gasteiger partial charge in [0.15, 0.2) is 0 Å². The molecule has 0 aromatic heterocycles. The molecule has 1 aliphatic rings. The number of nitrogens with zero attached hydrogens (tertiary/aromatic N) is 1. The van der Waals surface area contributed by atoms with Crippen molar-refractivity contribution >= 4 is 22.9 Å². The maximum atomic E-state index is 13.1. The summed E-state index contributed by atoms with van der Waals surface area (Å²) in [4.78, 5) is 1.63. The Bertz CT molecular complexity index is 497. The summed E-state index contributed by atoms with van der Waals surface area (Å²) in [7, 11) is 0. The van der Waals surface area contributed by atoms with Gasteiger partial charge in [-0.1, -0.05) is 12.2 Å². The fourth-order valence-electron chi connectivity index (χ4n) is 2.18. The molecule has 0 saturated carbocycles. The standard InChI is InChI=1S/C13H15F3N2OS/c14-13(15,16)11-8-9(2-3-10(11)12(17)20)18-4-1-6-19-7-5-18/h2-3,8H,1,4-7H2,(H2,17,20). The zero-order valence-electron chi connectivity index (χ0n) is 10.7. The molecular formula is C13H15F3N2OS. The molecule has 0 spiro atoms. The van der Waals surface area contributed by atoms with E-state index in [2.05, 4.69) is 12.2 Å². The first kappa shape index (κ1) is 15.1. The predicted octanol–water partition coefficient (Wildman–Crippen LogP) is 2.57. The van der Waals surface area contributed by atoms with E-state index in [1.807, 2.05) is 4.90 Å². The van der Waals surface area contributed by atoms with E-state index in [0.29, 0.717) is 32.0 Å². The van der Waals surface area contributed by atoms with E-state index in [9.17, 15) is 13.2 Å². The van der Waals surface area contributed by atoms with Crippen LogP contribution in [0.25, 0.3) is 0 Å². The summed E-state index contributed by atoms with van der Waals surface area (Å²) in [6.45, 7) is 2.39.